The first-order chi connectivity index (χ1) is 18.0. The van der Waals surface area contributed by atoms with Crippen molar-refractivity contribution in [3.8, 4) is 0 Å². The first-order valence-corrected chi connectivity index (χ1v) is 12.6. The van der Waals surface area contributed by atoms with Crippen molar-refractivity contribution in [3.05, 3.63) is 78.3 Å². The maximum absolute atomic E-state index is 14.0. The summed E-state index contributed by atoms with van der Waals surface area (Å²) in [6, 6.07) is 17.6. The Balaban J connectivity index is 1.50. The Labute approximate surface area is 215 Å². The maximum atomic E-state index is 14.0. The number of benzene rings is 2. The molecule has 1 N–H and O–H groups in total. The maximum Gasteiger partial charge on any atom is 0.251 e. The molecular weight excluding hydrogens is 470 g/mol. The van der Waals surface area contributed by atoms with Crippen molar-refractivity contribution in [3.63, 3.8) is 0 Å². The van der Waals surface area contributed by atoms with Crippen LogP contribution in [-0.2, 0) is 20.9 Å². The van der Waals surface area contributed by atoms with E-state index in [-0.39, 0.29) is 24.5 Å². The van der Waals surface area contributed by atoms with Crippen molar-refractivity contribution in [2.24, 2.45) is 0 Å². The number of hydrogen-bond acceptors (Lipinski definition) is 6. The van der Waals surface area contributed by atoms with Crippen LogP contribution in [-0.4, -0.2) is 46.1 Å². The van der Waals surface area contributed by atoms with Gasteiger partial charge in [0.25, 0.3) is 5.91 Å². The highest BCUT2D eigenvalue weighted by atomic mass is 16.5. The van der Waals surface area contributed by atoms with Gasteiger partial charge in [-0.3, -0.25) is 14.5 Å². The van der Waals surface area contributed by atoms with Gasteiger partial charge in [-0.2, -0.15) is 0 Å². The van der Waals surface area contributed by atoms with Crippen LogP contribution in [0.5, 0.6) is 0 Å². The molecule has 0 aliphatic carbocycles. The molecular formula is C28H31N5O4. The smallest absolute Gasteiger partial charge is 0.251 e. The van der Waals surface area contributed by atoms with E-state index in [1.54, 1.807) is 16.8 Å². The first kappa shape index (κ1) is 24.7. The van der Waals surface area contributed by atoms with Gasteiger partial charge in [-0.15, -0.1) is 5.10 Å². The number of nitrogens with one attached hydrogen (secondary N) is 1. The molecule has 4 aromatic rings. The van der Waals surface area contributed by atoms with Crippen LogP contribution in [0.1, 0.15) is 50.0 Å². The van der Waals surface area contributed by atoms with E-state index in [0.717, 1.165) is 23.9 Å². The summed E-state index contributed by atoms with van der Waals surface area (Å²) in [5.41, 5.74) is 3.16. The normalized spacial score (nSPS) is 16.2. The molecule has 1 aliphatic rings. The summed E-state index contributed by atoms with van der Waals surface area (Å²) in [4.78, 5) is 29.1. The molecule has 5 rings (SSSR count). The van der Waals surface area contributed by atoms with Crippen LogP contribution in [0.4, 0.5) is 5.69 Å². The van der Waals surface area contributed by atoms with Crippen LogP contribution in [0, 0.1) is 0 Å². The number of carbonyl (C=O) groups excluding carboxylic acids is 2. The van der Waals surface area contributed by atoms with Gasteiger partial charge in [-0.1, -0.05) is 43.3 Å². The number of amides is 2. The predicted molar refractivity (Wildman–Crippen MR) is 139 cm³/mol. The van der Waals surface area contributed by atoms with Gasteiger partial charge < -0.3 is 14.5 Å². The Morgan fingerprint density at radius 1 is 1.11 bits per heavy atom. The molecule has 192 valence electrons. The molecule has 0 spiro atoms. The van der Waals surface area contributed by atoms with Crippen molar-refractivity contribution in [2.75, 3.05) is 18.1 Å². The lowest BCUT2D eigenvalue weighted by Gasteiger charge is -2.30. The minimum absolute atomic E-state index is 0.0304. The fourth-order valence-electron chi connectivity index (χ4n) is 4.63. The molecule has 37 heavy (non-hydrogen) atoms. The zero-order valence-corrected chi connectivity index (χ0v) is 21.0. The van der Waals surface area contributed by atoms with Crippen molar-refractivity contribution >= 4 is 28.5 Å². The summed E-state index contributed by atoms with van der Waals surface area (Å²) in [6.07, 6.45) is 3.34. The lowest BCUT2D eigenvalue weighted by atomic mass is 10.0. The molecule has 1 saturated heterocycles. The molecule has 9 heteroatoms. The summed E-state index contributed by atoms with van der Waals surface area (Å²) in [6.45, 7) is 5.19. The Kier molecular flexibility index (Phi) is 7.32. The highest BCUT2D eigenvalue weighted by molar-refractivity contribution is 6.01. The SMILES string of the molecule is CC(C)c1ccc(N(C(=O)Cn2nnc3ccccc32)[C@@H](C(=O)NC[C@@H]2CCCO2)c2ccco2)cc1. The lowest BCUT2D eigenvalue weighted by molar-refractivity contribution is -0.127. The number of anilines is 1. The number of aromatic nitrogens is 3. The number of ether oxygens (including phenoxy) is 1. The Bertz CT molecular complexity index is 1340. The van der Waals surface area contributed by atoms with Gasteiger partial charge in [-0.25, -0.2) is 4.68 Å². The fraction of sp³-hybridized carbons (Fsp3) is 0.357. The number of carbonyl (C=O) groups is 2. The Morgan fingerprint density at radius 2 is 1.92 bits per heavy atom. The van der Waals surface area contributed by atoms with Crippen molar-refractivity contribution < 1.29 is 18.7 Å². The molecule has 0 bridgehead atoms. The molecule has 0 unspecified atom stereocenters. The van der Waals surface area contributed by atoms with Gasteiger partial charge in [0.05, 0.1) is 17.9 Å². The quantitative estimate of drug-likeness (QED) is 0.368. The van der Waals surface area contributed by atoms with Gasteiger partial charge in [0.1, 0.15) is 17.8 Å². The number of fused-ring (bicyclic) bond motifs is 1. The zero-order valence-electron chi connectivity index (χ0n) is 21.0. The van der Waals surface area contributed by atoms with E-state index in [1.807, 2.05) is 48.5 Å². The topological polar surface area (TPSA) is 102 Å². The van der Waals surface area contributed by atoms with Crippen LogP contribution in [0.3, 0.4) is 0 Å². The largest absolute Gasteiger partial charge is 0.467 e. The molecule has 2 atom stereocenters. The summed E-state index contributed by atoms with van der Waals surface area (Å²) in [5, 5.41) is 11.3. The number of rotatable bonds is 9. The molecule has 0 radical (unpaired) electrons. The average molecular weight is 502 g/mol. The molecule has 9 nitrogen and oxygen atoms in total. The molecule has 2 aromatic carbocycles. The molecule has 3 heterocycles. The van der Waals surface area contributed by atoms with Crippen LogP contribution >= 0.6 is 0 Å². The summed E-state index contributed by atoms with van der Waals surface area (Å²) in [7, 11) is 0. The third-order valence-corrected chi connectivity index (χ3v) is 6.66. The first-order valence-electron chi connectivity index (χ1n) is 12.6. The van der Waals surface area contributed by atoms with E-state index < -0.39 is 6.04 Å². The van der Waals surface area contributed by atoms with Gasteiger partial charge >= 0.3 is 0 Å². The fourth-order valence-corrected chi connectivity index (χ4v) is 4.63. The van der Waals surface area contributed by atoms with E-state index in [0.29, 0.717) is 36.0 Å². The molecule has 0 saturated carbocycles. The van der Waals surface area contributed by atoms with Gasteiger partial charge in [0, 0.05) is 18.8 Å². The molecule has 2 amide bonds. The second kappa shape index (κ2) is 11.0. The lowest BCUT2D eigenvalue weighted by Crippen LogP contribution is -2.46. The van der Waals surface area contributed by atoms with Crippen molar-refractivity contribution in [2.45, 2.75) is 51.3 Å². The minimum atomic E-state index is -1.01. The van der Waals surface area contributed by atoms with Crippen molar-refractivity contribution in [1.29, 1.82) is 0 Å². The van der Waals surface area contributed by atoms with Gasteiger partial charge in [-0.05, 0) is 60.7 Å². The highest BCUT2D eigenvalue weighted by Gasteiger charge is 2.35. The van der Waals surface area contributed by atoms with Crippen LogP contribution < -0.4 is 10.2 Å². The van der Waals surface area contributed by atoms with E-state index in [4.69, 9.17) is 9.15 Å². The van der Waals surface area contributed by atoms with E-state index in [2.05, 4.69) is 29.5 Å². The van der Waals surface area contributed by atoms with E-state index in [1.165, 1.54) is 11.2 Å². The second-order valence-electron chi connectivity index (χ2n) is 9.54. The summed E-state index contributed by atoms with van der Waals surface area (Å²) >= 11 is 0. The van der Waals surface area contributed by atoms with Crippen LogP contribution in [0.2, 0.25) is 0 Å². The molecule has 1 aliphatic heterocycles. The third-order valence-electron chi connectivity index (χ3n) is 6.66. The Morgan fingerprint density at radius 3 is 2.62 bits per heavy atom. The van der Waals surface area contributed by atoms with E-state index in [9.17, 15) is 9.59 Å². The summed E-state index contributed by atoms with van der Waals surface area (Å²) in [5.74, 6) is 0.0432. The number of para-hydroxylation sites is 1. The Hall–Kier alpha value is -3.98. The predicted octanol–water partition coefficient (Wildman–Crippen LogP) is 4.22. The third kappa shape index (κ3) is 5.41. The minimum Gasteiger partial charge on any atom is -0.467 e. The number of furan rings is 1. The van der Waals surface area contributed by atoms with E-state index >= 15 is 0 Å². The number of nitrogens with zero attached hydrogens (tertiary/aromatic N) is 4. The van der Waals surface area contributed by atoms with Crippen LogP contribution in [0.15, 0.2) is 71.3 Å². The van der Waals surface area contributed by atoms with Crippen molar-refractivity contribution in [1.82, 2.24) is 20.3 Å². The van der Waals surface area contributed by atoms with Gasteiger partial charge in [0.15, 0.2) is 6.04 Å². The second-order valence-corrected chi connectivity index (χ2v) is 9.54. The average Bonchev–Trinajstić information content (AvgIpc) is 3.69. The number of hydrogen-bond donors (Lipinski definition) is 1. The molecule has 1 fully saturated rings. The monoisotopic (exact) mass is 501 g/mol. The molecule has 2 aromatic heterocycles. The van der Waals surface area contributed by atoms with Crippen LogP contribution in [0.25, 0.3) is 11.0 Å². The summed E-state index contributed by atoms with van der Waals surface area (Å²) < 4.78 is 12.9. The highest BCUT2D eigenvalue weighted by Crippen LogP contribution is 2.30. The standard InChI is InChI=1S/C28H31N5O4/c1-19(2)20-11-13-21(14-12-20)33(26(34)18-32-24-9-4-3-8-23(24)30-31-32)27(25-10-6-16-37-25)28(35)29-17-22-7-5-15-36-22/h3-4,6,8-14,16,19,22,27H,5,7,15,17-18H2,1-2H3,(H,29,35)/t22-,27+/m0/s1. The zero-order chi connectivity index (χ0) is 25.8. The van der Waals surface area contributed by atoms with Gasteiger partial charge in [0.2, 0.25) is 5.91 Å².